The SMILES string of the molecule is CCC(NC(=O)OCC1c2ccccc2-c2ccccc21)C(=O)N(CCC(=O)O)CC1CC1. The number of fused-ring (bicyclic) bond motifs is 3. The molecule has 1 saturated carbocycles. The second kappa shape index (κ2) is 10.1. The number of amides is 2. The van der Waals surface area contributed by atoms with Crippen LogP contribution < -0.4 is 5.32 Å². The molecule has 0 bridgehead atoms. The zero-order valence-electron chi connectivity index (χ0n) is 18.8. The molecule has 1 unspecified atom stereocenters. The molecule has 2 N–H and O–H groups in total. The minimum Gasteiger partial charge on any atom is -0.481 e. The number of nitrogens with zero attached hydrogens (tertiary/aromatic N) is 1. The highest BCUT2D eigenvalue weighted by Gasteiger charge is 2.32. The molecular formula is C26H30N2O5. The van der Waals surface area contributed by atoms with Gasteiger partial charge in [0.2, 0.25) is 5.91 Å². The van der Waals surface area contributed by atoms with Crippen LogP contribution in [0.5, 0.6) is 0 Å². The Hall–Kier alpha value is -3.35. The van der Waals surface area contributed by atoms with Crippen LogP contribution in [0.4, 0.5) is 4.79 Å². The van der Waals surface area contributed by atoms with Gasteiger partial charge in [0.1, 0.15) is 12.6 Å². The predicted octanol–water partition coefficient (Wildman–Crippen LogP) is 4.02. The number of carboxylic acids is 1. The highest BCUT2D eigenvalue weighted by Crippen LogP contribution is 2.44. The van der Waals surface area contributed by atoms with Gasteiger partial charge in [0.05, 0.1) is 6.42 Å². The van der Waals surface area contributed by atoms with E-state index in [2.05, 4.69) is 29.6 Å². The standard InChI is InChI=1S/C26H30N2O5/c1-2-23(25(31)28(14-13-24(29)30)15-17-11-12-17)27-26(32)33-16-22-20-9-5-3-7-18(20)19-8-4-6-10-21(19)22/h3-10,17,22-23H,2,11-16H2,1H3,(H,27,32)(H,29,30). The van der Waals surface area contributed by atoms with E-state index in [1.165, 1.54) is 0 Å². The minimum absolute atomic E-state index is 0.0548. The maximum absolute atomic E-state index is 13.0. The molecule has 0 heterocycles. The first-order valence-corrected chi connectivity index (χ1v) is 11.6. The van der Waals surface area contributed by atoms with Crippen LogP contribution in [0.25, 0.3) is 11.1 Å². The van der Waals surface area contributed by atoms with Crippen LogP contribution in [0.2, 0.25) is 0 Å². The molecule has 2 aliphatic carbocycles. The van der Waals surface area contributed by atoms with E-state index >= 15 is 0 Å². The minimum atomic E-state index is -0.943. The molecule has 0 spiro atoms. The molecule has 2 aliphatic rings. The van der Waals surface area contributed by atoms with Crippen LogP contribution in [0, 0.1) is 5.92 Å². The van der Waals surface area contributed by atoms with Crippen LogP contribution in [0.15, 0.2) is 48.5 Å². The number of aliphatic carboxylic acids is 1. The second-order valence-corrected chi connectivity index (χ2v) is 8.80. The molecule has 1 fully saturated rings. The van der Waals surface area contributed by atoms with Crippen LogP contribution >= 0.6 is 0 Å². The van der Waals surface area contributed by atoms with E-state index in [0.717, 1.165) is 35.1 Å². The number of alkyl carbamates (subject to hydrolysis) is 1. The summed E-state index contributed by atoms with van der Waals surface area (Å²) < 4.78 is 5.58. The summed E-state index contributed by atoms with van der Waals surface area (Å²) in [6.07, 6.45) is 1.75. The molecule has 7 nitrogen and oxygen atoms in total. The fourth-order valence-electron chi connectivity index (χ4n) is 4.48. The molecule has 174 valence electrons. The maximum atomic E-state index is 13.0. The largest absolute Gasteiger partial charge is 0.481 e. The lowest BCUT2D eigenvalue weighted by Gasteiger charge is -2.27. The van der Waals surface area contributed by atoms with E-state index in [9.17, 15) is 14.4 Å². The number of nitrogens with one attached hydrogen (secondary N) is 1. The maximum Gasteiger partial charge on any atom is 0.407 e. The van der Waals surface area contributed by atoms with Gasteiger partial charge in [-0.3, -0.25) is 9.59 Å². The van der Waals surface area contributed by atoms with Crippen molar-refractivity contribution in [3.05, 3.63) is 59.7 Å². The van der Waals surface area contributed by atoms with Crippen molar-refractivity contribution in [3.8, 4) is 11.1 Å². The Morgan fingerprint density at radius 1 is 1.06 bits per heavy atom. The molecule has 1 atom stereocenters. The summed E-state index contributed by atoms with van der Waals surface area (Å²) >= 11 is 0. The summed E-state index contributed by atoms with van der Waals surface area (Å²) in [6, 6.07) is 15.5. The van der Waals surface area contributed by atoms with Crippen molar-refractivity contribution in [2.75, 3.05) is 19.7 Å². The highest BCUT2D eigenvalue weighted by molar-refractivity contribution is 5.86. The number of carboxylic acid groups (broad SMARTS) is 1. The summed E-state index contributed by atoms with van der Waals surface area (Å²) in [6.45, 7) is 2.68. The van der Waals surface area contributed by atoms with Crippen LogP contribution in [0.1, 0.15) is 49.7 Å². The molecule has 7 heteroatoms. The van der Waals surface area contributed by atoms with Crippen molar-refractivity contribution >= 4 is 18.0 Å². The Balaban J connectivity index is 1.38. The zero-order valence-corrected chi connectivity index (χ0v) is 18.8. The molecule has 0 aliphatic heterocycles. The van der Waals surface area contributed by atoms with Crippen molar-refractivity contribution in [2.45, 2.75) is 44.6 Å². The average molecular weight is 451 g/mol. The number of hydrogen-bond acceptors (Lipinski definition) is 4. The Kier molecular flexibility index (Phi) is 6.96. The first-order chi connectivity index (χ1) is 16.0. The second-order valence-electron chi connectivity index (χ2n) is 8.80. The summed E-state index contributed by atoms with van der Waals surface area (Å²) in [5.74, 6) is -0.823. The third kappa shape index (κ3) is 5.35. The predicted molar refractivity (Wildman–Crippen MR) is 124 cm³/mol. The van der Waals surface area contributed by atoms with Crippen LogP contribution in [-0.4, -0.2) is 53.7 Å². The van der Waals surface area contributed by atoms with E-state index in [1.54, 1.807) is 4.90 Å². The molecule has 2 aromatic rings. The van der Waals surface area contributed by atoms with Gasteiger partial charge in [0.25, 0.3) is 0 Å². The third-order valence-electron chi connectivity index (χ3n) is 6.42. The van der Waals surface area contributed by atoms with Gasteiger partial charge in [0, 0.05) is 19.0 Å². The normalized spacial score (nSPS) is 15.3. The molecule has 0 saturated heterocycles. The number of ether oxygens (including phenoxy) is 1. The van der Waals surface area contributed by atoms with E-state index in [0.29, 0.717) is 18.9 Å². The van der Waals surface area contributed by atoms with Crippen LogP contribution in [0.3, 0.4) is 0 Å². The summed E-state index contributed by atoms with van der Waals surface area (Å²) in [7, 11) is 0. The summed E-state index contributed by atoms with van der Waals surface area (Å²) in [5.41, 5.74) is 4.55. The number of hydrogen-bond donors (Lipinski definition) is 2. The monoisotopic (exact) mass is 450 g/mol. The molecular weight excluding hydrogens is 420 g/mol. The average Bonchev–Trinajstić information content (AvgIpc) is 3.59. The number of carbonyl (C=O) groups excluding carboxylic acids is 2. The van der Waals surface area contributed by atoms with E-state index in [-0.39, 0.29) is 31.4 Å². The van der Waals surface area contributed by atoms with Crippen molar-refractivity contribution in [1.29, 1.82) is 0 Å². The fourth-order valence-corrected chi connectivity index (χ4v) is 4.48. The Morgan fingerprint density at radius 2 is 1.67 bits per heavy atom. The number of carbonyl (C=O) groups is 3. The van der Waals surface area contributed by atoms with E-state index < -0.39 is 18.1 Å². The van der Waals surface area contributed by atoms with E-state index in [1.807, 2.05) is 31.2 Å². The van der Waals surface area contributed by atoms with Crippen molar-refractivity contribution in [1.82, 2.24) is 10.2 Å². The zero-order chi connectivity index (χ0) is 23.4. The quantitative estimate of drug-likeness (QED) is 0.570. The van der Waals surface area contributed by atoms with Crippen molar-refractivity contribution < 1.29 is 24.2 Å². The molecule has 0 radical (unpaired) electrons. The van der Waals surface area contributed by atoms with Gasteiger partial charge >= 0.3 is 12.1 Å². The van der Waals surface area contributed by atoms with Gasteiger partial charge in [-0.05, 0) is 47.4 Å². The lowest BCUT2D eigenvalue weighted by atomic mass is 9.98. The van der Waals surface area contributed by atoms with Crippen LogP contribution in [-0.2, 0) is 14.3 Å². The van der Waals surface area contributed by atoms with Gasteiger partial charge in [-0.25, -0.2) is 4.79 Å². The number of rotatable bonds is 10. The summed E-state index contributed by atoms with van der Waals surface area (Å²) in [4.78, 5) is 38.2. The van der Waals surface area contributed by atoms with Gasteiger partial charge in [-0.15, -0.1) is 0 Å². The Bertz CT molecular complexity index is 987. The Labute approximate surface area is 193 Å². The molecule has 2 amide bonds. The smallest absolute Gasteiger partial charge is 0.407 e. The molecule has 0 aromatic heterocycles. The fraction of sp³-hybridized carbons (Fsp3) is 0.423. The third-order valence-corrected chi connectivity index (χ3v) is 6.42. The number of benzene rings is 2. The lowest BCUT2D eigenvalue weighted by Crippen LogP contribution is -2.49. The topological polar surface area (TPSA) is 95.9 Å². The van der Waals surface area contributed by atoms with E-state index in [4.69, 9.17) is 9.84 Å². The molecule has 4 rings (SSSR count). The van der Waals surface area contributed by atoms with Gasteiger partial charge in [0.15, 0.2) is 0 Å². The first kappa shape index (κ1) is 22.8. The van der Waals surface area contributed by atoms with Crippen molar-refractivity contribution in [3.63, 3.8) is 0 Å². The van der Waals surface area contributed by atoms with Crippen molar-refractivity contribution in [2.24, 2.45) is 5.92 Å². The Morgan fingerprint density at radius 3 is 2.21 bits per heavy atom. The van der Waals surface area contributed by atoms with Gasteiger partial charge in [-0.2, -0.15) is 0 Å². The lowest BCUT2D eigenvalue weighted by molar-refractivity contribution is -0.139. The first-order valence-electron chi connectivity index (χ1n) is 11.6. The molecule has 33 heavy (non-hydrogen) atoms. The van der Waals surface area contributed by atoms with Gasteiger partial charge in [-0.1, -0.05) is 55.5 Å². The highest BCUT2D eigenvalue weighted by atomic mass is 16.5. The summed E-state index contributed by atoms with van der Waals surface area (Å²) in [5, 5.41) is 11.7. The van der Waals surface area contributed by atoms with Gasteiger partial charge < -0.3 is 20.1 Å². The molecule has 2 aromatic carbocycles.